The fourth-order valence-electron chi connectivity index (χ4n) is 2.26. The van der Waals surface area contributed by atoms with Crippen molar-refractivity contribution < 1.29 is 14.4 Å². The van der Waals surface area contributed by atoms with E-state index in [1.54, 1.807) is 42.5 Å². The summed E-state index contributed by atoms with van der Waals surface area (Å²) < 4.78 is 0.816. The van der Waals surface area contributed by atoms with E-state index in [1.807, 2.05) is 42.5 Å². The Balaban J connectivity index is 1.52. The van der Waals surface area contributed by atoms with E-state index in [4.69, 9.17) is 4.84 Å². The predicted octanol–water partition coefficient (Wildman–Crippen LogP) is 5.80. The summed E-state index contributed by atoms with van der Waals surface area (Å²) in [4.78, 5) is 28.8. The molecule has 0 aliphatic heterocycles. The Morgan fingerprint density at radius 3 is 2.31 bits per heavy atom. The zero-order chi connectivity index (χ0) is 20.5. The summed E-state index contributed by atoms with van der Waals surface area (Å²) in [5, 5.41) is 7.70. The fourth-order valence-corrected chi connectivity index (χ4v) is 2.88. The Labute approximate surface area is 181 Å². The van der Waals surface area contributed by atoms with Crippen LogP contribution in [-0.2, 0) is 9.63 Å². The van der Waals surface area contributed by atoms with E-state index in [0.29, 0.717) is 16.9 Å². The molecule has 0 heterocycles. The Bertz CT molecular complexity index is 1050. The normalized spacial score (nSPS) is 10.9. The molecule has 6 nitrogen and oxygen atoms in total. The quantitative estimate of drug-likeness (QED) is 0.202. The van der Waals surface area contributed by atoms with Crippen molar-refractivity contribution in [3.63, 3.8) is 0 Å². The van der Waals surface area contributed by atoms with E-state index in [-0.39, 0.29) is 0 Å². The number of amides is 1. The first-order valence-corrected chi connectivity index (χ1v) is 9.70. The molecule has 7 heteroatoms. The summed E-state index contributed by atoms with van der Waals surface area (Å²) >= 11 is 2.08. The van der Waals surface area contributed by atoms with Gasteiger partial charge in [-0.15, -0.1) is 10.2 Å². The number of nitrogens with one attached hydrogen (secondary N) is 1. The molecule has 29 heavy (non-hydrogen) atoms. The van der Waals surface area contributed by atoms with E-state index >= 15 is 0 Å². The third-order valence-electron chi connectivity index (χ3n) is 3.71. The second-order valence-corrected chi connectivity index (χ2v) is 6.96. The first-order chi connectivity index (χ1) is 14.1. The number of carbonyl (C=O) groups excluding carboxylic acids is 2. The molecule has 144 valence electrons. The van der Waals surface area contributed by atoms with Gasteiger partial charge in [-0.2, -0.15) is 0 Å². The minimum atomic E-state index is -0.527. The Morgan fingerprint density at radius 2 is 1.59 bits per heavy atom. The molecule has 0 fully saturated rings. The molecule has 0 atom stereocenters. The van der Waals surface area contributed by atoms with Gasteiger partial charge < -0.3 is 4.84 Å². The topological polar surface area (TPSA) is 80.1 Å². The maximum absolute atomic E-state index is 12.1. The minimum Gasteiger partial charge on any atom is -0.339 e. The van der Waals surface area contributed by atoms with Gasteiger partial charge in [0.05, 0.1) is 16.9 Å². The Morgan fingerprint density at radius 1 is 0.897 bits per heavy atom. The van der Waals surface area contributed by atoms with Crippen molar-refractivity contribution in [3.05, 3.63) is 99.6 Å². The second-order valence-electron chi connectivity index (χ2n) is 5.80. The van der Waals surface area contributed by atoms with Crippen LogP contribution in [0.3, 0.4) is 0 Å². The number of carbonyl (C=O) groups is 2. The van der Waals surface area contributed by atoms with Gasteiger partial charge in [0.2, 0.25) is 0 Å². The number of hydrogen-bond donors (Lipinski definition) is 1. The molecule has 0 saturated heterocycles. The van der Waals surface area contributed by atoms with E-state index in [0.717, 1.165) is 9.13 Å². The van der Waals surface area contributed by atoms with Crippen molar-refractivity contribution >= 4 is 51.9 Å². The first-order valence-electron chi connectivity index (χ1n) is 8.62. The van der Waals surface area contributed by atoms with Crippen molar-refractivity contribution in [2.24, 2.45) is 10.2 Å². The number of benzene rings is 3. The average Bonchev–Trinajstić information content (AvgIpc) is 2.76. The molecular formula is C22H16IN3O3. The van der Waals surface area contributed by atoms with Gasteiger partial charge >= 0.3 is 5.97 Å². The van der Waals surface area contributed by atoms with Gasteiger partial charge in [-0.1, -0.05) is 42.5 Å². The lowest BCUT2D eigenvalue weighted by molar-refractivity contribution is -0.134. The van der Waals surface area contributed by atoms with Crippen LogP contribution in [0.15, 0.2) is 95.2 Å². The van der Waals surface area contributed by atoms with Gasteiger partial charge in [-0.05, 0) is 70.6 Å². The van der Waals surface area contributed by atoms with Gasteiger partial charge in [0.15, 0.2) is 0 Å². The number of azo groups is 1. The zero-order valence-electron chi connectivity index (χ0n) is 15.2. The maximum Gasteiger partial charge on any atom is 0.355 e. The van der Waals surface area contributed by atoms with Crippen LogP contribution in [0.4, 0.5) is 11.4 Å². The van der Waals surface area contributed by atoms with Crippen LogP contribution in [-0.4, -0.2) is 11.9 Å². The number of halogens is 1. The molecule has 0 radical (unpaired) electrons. The van der Waals surface area contributed by atoms with Gasteiger partial charge in [0.1, 0.15) is 0 Å². The number of nitrogens with zero attached hydrogens (tertiary/aromatic N) is 2. The molecule has 0 aromatic heterocycles. The molecule has 1 amide bonds. The van der Waals surface area contributed by atoms with E-state index < -0.39 is 11.9 Å². The third-order valence-corrected chi connectivity index (χ3v) is 4.65. The highest BCUT2D eigenvalue weighted by Gasteiger charge is 2.07. The molecule has 3 rings (SSSR count). The molecule has 0 aliphatic carbocycles. The summed E-state index contributed by atoms with van der Waals surface area (Å²) in [6.45, 7) is 0. The lowest BCUT2D eigenvalue weighted by atomic mass is 10.2. The molecule has 0 spiro atoms. The van der Waals surface area contributed by atoms with Crippen LogP contribution >= 0.6 is 22.6 Å². The van der Waals surface area contributed by atoms with E-state index in [2.05, 4.69) is 38.3 Å². The van der Waals surface area contributed by atoms with Crippen molar-refractivity contribution in [2.45, 2.75) is 0 Å². The van der Waals surface area contributed by atoms with Crippen LogP contribution in [0.5, 0.6) is 0 Å². The summed E-state index contributed by atoms with van der Waals surface area (Å²) in [5.41, 5.74) is 5.04. The predicted molar refractivity (Wildman–Crippen MR) is 120 cm³/mol. The number of anilines is 1. The highest BCUT2D eigenvalue weighted by molar-refractivity contribution is 14.1. The summed E-state index contributed by atoms with van der Waals surface area (Å²) in [7, 11) is 0. The lowest BCUT2D eigenvalue weighted by Gasteiger charge is -2.04. The van der Waals surface area contributed by atoms with Crippen LogP contribution in [0.1, 0.15) is 15.9 Å². The minimum absolute atomic E-state index is 0.406. The van der Waals surface area contributed by atoms with Gasteiger partial charge in [-0.3, -0.25) is 4.79 Å². The Kier molecular flexibility index (Phi) is 7.23. The van der Waals surface area contributed by atoms with Crippen molar-refractivity contribution in [2.75, 3.05) is 5.48 Å². The smallest absolute Gasteiger partial charge is 0.339 e. The molecule has 0 unspecified atom stereocenters. The largest absolute Gasteiger partial charge is 0.355 e. The van der Waals surface area contributed by atoms with Gasteiger partial charge in [-0.25, -0.2) is 10.3 Å². The van der Waals surface area contributed by atoms with E-state index in [9.17, 15) is 9.59 Å². The first kappa shape index (κ1) is 20.4. The molecule has 0 saturated carbocycles. The van der Waals surface area contributed by atoms with Gasteiger partial charge in [0, 0.05) is 9.65 Å². The molecule has 1 N–H and O–H groups in total. The second kappa shape index (κ2) is 10.3. The summed E-state index contributed by atoms with van der Waals surface area (Å²) in [6, 6.07) is 23.3. The molecule has 3 aromatic carbocycles. The van der Waals surface area contributed by atoms with Crippen LogP contribution in [0, 0.1) is 3.57 Å². The van der Waals surface area contributed by atoms with Crippen LogP contribution in [0.2, 0.25) is 0 Å². The third kappa shape index (κ3) is 6.35. The summed E-state index contributed by atoms with van der Waals surface area (Å²) in [6.07, 6.45) is 3.00. The Hall–Kier alpha value is -3.33. The van der Waals surface area contributed by atoms with Crippen molar-refractivity contribution in [3.8, 4) is 0 Å². The molecule has 0 bridgehead atoms. The molecular weight excluding hydrogens is 481 g/mol. The maximum atomic E-state index is 12.1. The monoisotopic (exact) mass is 497 g/mol. The molecule has 0 aliphatic rings. The lowest BCUT2D eigenvalue weighted by Crippen LogP contribution is -2.07. The standard InChI is InChI=1S/C22H16IN3O3/c23-20-9-5-4-8-19(20)22(28)25-24-17-11-13-18(14-12-17)26-29-21(27)15-10-16-6-2-1-3-7-16/h1-15,26H. The van der Waals surface area contributed by atoms with Crippen molar-refractivity contribution in [1.82, 2.24) is 0 Å². The SMILES string of the molecule is O=C(C=Cc1ccccc1)ONc1ccc(N=NC(=O)c2ccccc2I)cc1. The van der Waals surface area contributed by atoms with Gasteiger partial charge in [0.25, 0.3) is 5.91 Å². The highest BCUT2D eigenvalue weighted by atomic mass is 127. The van der Waals surface area contributed by atoms with Crippen LogP contribution < -0.4 is 5.48 Å². The number of hydrogen-bond acceptors (Lipinski definition) is 5. The average molecular weight is 497 g/mol. The fraction of sp³-hybridized carbons (Fsp3) is 0. The van der Waals surface area contributed by atoms with Crippen molar-refractivity contribution in [1.29, 1.82) is 0 Å². The van der Waals surface area contributed by atoms with E-state index in [1.165, 1.54) is 6.08 Å². The zero-order valence-corrected chi connectivity index (χ0v) is 17.3. The molecule has 3 aromatic rings. The van der Waals surface area contributed by atoms with Crippen LogP contribution in [0.25, 0.3) is 6.08 Å². The number of rotatable bonds is 6. The summed E-state index contributed by atoms with van der Waals surface area (Å²) in [5.74, 6) is -0.933. The highest BCUT2D eigenvalue weighted by Crippen LogP contribution is 2.18.